The molecule has 14 heavy (non-hydrogen) atoms. The lowest BCUT2D eigenvalue weighted by atomic mass is 10.1. The Morgan fingerprint density at radius 2 is 2.21 bits per heavy atom. The predicted octanol–water partition coefficient (Wildman–Crippen LogP) is 2.08. The van der Waals surface area contributed by atoms with E-state index in [2.05, 4.69) is 0 Å². The number of anilines is 1. The fourth-order valence-corrected chi connectivity index (χ4v) is 1.29. The van der Waals surface area contributed by atoms with Crippen molar-refractivity contribution in [1.29, 1.82) is 0 Å². The molecule has 0 aliphatic carbocycles. The first-order valence-electron chi connectivity index (χ1n) is 4.17. The van der Waals surface area contributed by atoms with Crippen molar-refractivity contribution in [1.82, 2.24) is 0 Å². The molecular weight excluding hydrogens is 202 g/mol. The van der Waals surface area contributed by atoms with Gasteiger partial charge in [-0.1, -0.05) is 11.6 Å². The molecule has 1 aromatic carbocycles. The average Bonchev–Trinajstić information content (AvgIpc) is 2.14. The number of rotatable bonds is 4. The summed E-state index contributed by atoms with van der Waals surface area (Å²) in [7, 11) is 0. The molecule has 0 amide bonds. The molecule has 3 nitrogen and oxygen atoms in total. The lowest BCUT2D eigenvalue weighted by molar-refractivity contribution is -0.107. The quantitative estimate of drug-likeness (QED) is 0.471. The van der Waals surface area contributed by atoms with Crippen molar-refractivity contribution in [2.24, 2.45) is 0 Å². The number of carbonyl (C=O) groups is 2. The van der Waals surface area contributed by atoms with Crippen LogP contribution in [-0.4, -0.2) is 12.1 Å². The molecule has 4 heteroatoms. The monoisotopic (exact) mass is 211 g/mol. The number of hydrogen-bond acceptors (Lipinski definition) is 3. The van der Waals surface area contributed by atoms with E-state index in [1.165, 1.54) is 6.07 Å². The Hall–Kier alpha value is -1.35. The van der Waals surface area contributed by atoms with Gasteiger partial charge < -0.3 is 10.5 Å². The van der Waals surface area contributed by atoms with E-state index in [1.54, 1.807) is 12.1 Å². The maximum absolute atomic E-state index is 11.5. The standard InChI is InChI=1S/C10H10ClNO2/c11-7-3-4-8(9(12)6-7)10(14)2-1-5-13/h3-6H,1-2,12H2. The van der Waals surface area contributed by atoms with Crippen LogP contribution in [0.2, 0.25) is 5.02 Å². The van der Waals surface area contributed by atoms with E-state index in [0.717, 1.165) is 0 Å². The Morgan fingerprint density at radius 1 is 1.50 bits per heavy atom. The molecule has 0 aliphatic rings. The highest BCUT2D eigenvalue weighted by atomic mass is 35.5. The van der Waals surface area contributed by atoms with Gasteiger partial charge in [0.2, 0.25) is 0 Å². The number of Topliss-reactive ketones (excluding diaryl/α,β-unsaturated/α-hetero) is 1. The van der Waals surface area contributed by atoms with E-state index in [9.17, 15) is 9.59 Å². The number of nitrogen functional groups attached to an aromatic ring is 1. The maximum atomic E-state index is 11.5. The van der Waals surface area contributed by atoms with Gasteiger partial charge in [0.05, 0.1) is 0 Å². The van der Waals surface area contributed by atoms with Gasteiger partial charge in [0.15, 0.2) is 5.78 Å². The molecule has 0 bridgehead atoms. The summed E-state index contributed by atoms with van der Waals surface area (Å²) in [5, 5.41) is 0.495. The van der Waals surface area contributed by atoms with Crippen molar-refractivity contribution in [2.75, 3.05) is 5.73 Å². The minimum absolute atomic E-state index is 0.133. The van der Waals surface area contributed by atoms with Crippen molar-refractivity contribution >= 4 is 29.4 Å². The molecule has 0 heterocycles. The topological polar surface area (TPSA) is 60.2 Å². The number of benzene rings is 1. The predicted molar refractivity (Wildman–Crippen MR) is 55.5 cm³/mol. The van der Waals surface area contributed by atoms with E-state index < -0.39 is 0 Å². The van der Waals surface area contributed by atoms with Crippen LogP contribution in [-0.2, 0) is 4.79 Å². The van der Waals surface area contributed by atoms with Crippen LogP contribution in [0.1, 0.15) is 23.2 Å². The second kappa shape index (κ2) is 4.77. The fourth-order valence-electron chi connectivity index (χ4n) is 1.11. The molecule has 1 aromatic rings. The molecule has 2 N–H and O–H groups in total. The minimum atomic E-state index is -0.133. The molecule has 0 radical (unpaired) electrons. The van der Waals surface area contributed by atoms with Crippen LogP contribution < -0.4 is 5.73 Å². The van der Waals surface area contributed by atoms with E-state index in [4.69, 9.17) is 17.3 Å². The molecule has 0 unspecified atom stereocenters. The van der Waals surface area contributed by atoms with Crippen molar-refractivity contribution < 1.29 is 9.59 Å². The number of carbonyl (C=O) groups excluding carboxylic acids is 2. The number of hydrogen-bond donors (Lipinski definition) is 1. The SMILES string of the molecule is Nc1cc(Cl)ccc1C(=O)CCC=O. The van der Waals surface area contributed by atoms with Gasteiger partial charge in [-0.3, -0.25) is 4.79 Å². The number of ketones is 1. The van der Waals surface area contributed by atoms with Gasteiger partial charge in [0.25, 0.3) is 0 Å². The Labute approximate surface area is 86.9 Å². The van der Waals surface area contributed by atoms with Crippen LogP contribution in [0.3, 0.4) is 0 Å². The molecule has 1 rings (SSSR count). The smallest absolute Gasteiger partial charge is 0.165 e. The summed E-state index contributed by atoms with van der Waals surface area (Å²) >= 11 is 5.68. The van der Waals surface area contributed by atoms with Crippen LogP contribution in [0.15, 0.2) is 18.2 Å². The van der Waals surface area contributed by atoms with Gasteiger partial charge in [0, 0.05) is 29.1 Å². The van der Waals surface area contributed by atoms with Gasteiger partial charge in [-0.2, -0.15) is 0 Å². The number of nitrogens with two attached hydrogens (primary N) is 1. The molecule has 0 fully saturated rings. The third-order valence-corrected chi connectivity index (χ3v) is 2.04. The highest BCUT2D eigenvalue weighted by Gasteiger charge is 2.08. The normalized spacial score (nSPS) is 9.79. The van der Waals surface area contributed by atoms with E-state index in [1.807, 2.05) is 0 Å². The third kappa shape index (κ3) is 2.57. The van der Waals surface area contributed by atoms with Crippen LogP contribution in [0, 0.1) is 0 Å². The van der Waals surface area contributed by atoms with Crippen LogP contribution >= 0.6 is 11.6 Å². The summed E-state index contributed by atoms with van der Waals surface area (Å²) in [6.07, 6.45) is 1.13. The first kappa shape index (κ1) is 10.7. The summed E-state index contributed by atoms with van der Waals surface area (Å²) in [6.45, 7) is 0. The summed E-state index contributed by atoms with van der Waals surface area (Å²) in [5.41, 5.74) is 6.38. The zero-order valence-electron chi connectivity index (χ0n) is 7.50. The average molecular weight is 212 g/mol. The Balaban J connectivity index is 2.84. The third-order valence-electron chi connectivity index (χ3n) is 1.80. The number of halogens is 1. The zero-order chi connectivity index (χ0) is 10.6. The Kier molecular flexibility index (Phi) is 3.65. The fraction of sp³-hybridized carbons (Fsp3) is 0.200. The molecule has 0 saturated heterocycles. The van der Waals surface area contributed by atoms with E-state index in [-0.39, 0.29) is 18.6 Å². The summed E-state index contributed by atoms with van der Waals surface area (Å²) in [4.78, 5) is 21.5. The van der Waals surface area contributed by atoms with Crippen LogP contribution in [0.5, 0.6) is 0 Å². The zero-order valence-corrected chi connectivity index (χ0v) is 8.25. The van der Waals surface area contributed by atoms with Crippen molar-refractivity contribution in [2.45, 2.75) is 12.8 Å². The Morgan fingerprint density at radius 3 is 2.79 bits per heavy atom. The van der Waals surface area contributed by atoms with E-state index in [0.29, 0.717) is 22.6 Å². The molecule has 0 saturated carbocycles. The van der Waals surface area contributed by atoms with Crippen molar-refractivity contribution in [3.63, 3.8) is 0 Å². The lowest BCUT2D eigenvalue weighted by Gasteiger charge is -2.03. The van der Waals surface area contributed by atoms with Crippen molar-refractivity contribution in [3.8, 4) is 0 Å². The lowest BCUT2D eigenvalue weighted by Crippen LogP contribution is -2.03. The van der Waals surface area contributed by atoms with Gasteiger partial charge in [-0.15, -0.1) is 0 Å². The first-order chi connectivity index (χ1) is 6.65. The number of aldehydes is 1. The second-order valence-corrected chi connectivity index (χ2v) is 3.30. The largest absolute Gasteiger partial charge is 0.398 e. The van der Waals surface area contributed by atoms with Crippen LogP contribution in [0.25, 0.3) is 0 Å². The molecule has 0 aliphatic heterocycles. The summed E-state index contributed by atoms with van der Waals surface area (Å²) in [6, 6.07) is 4.70. The molecule has 74 valence electrons. The van der Waals surface area contributed by atoms with Gasteiger partial charge in [-0.05, 0) is 18.2 Å². The van der Waals surface area contributed by atoms with E-state index >= 15 is 0 Å². The first-order valence-corrected chi connectivity index (χ1v) is 4.55. The molecule has 0 aromatic heterocycles. The molecule has 0 spiro atoms. The van der Waals surface area contributed by atoms with Gasteiger partial charge >= 0.3 is 0 Å². The molecular formula is C10H10ClNO2. The van der Waals surface area contributed by atoms with Crippen molar-refractivity contribution in [3.05, 3.63) is 28.8 Å². The Bertz CT molecular complexity index is 363. The maximum Gasteiger partial charge on any atom is 0.165 e. The van der Waals surface area contributed by atoms with Gasteiger partial charge in [0.1, 0.15) is 6.29 Å². The van der Waals surface area contributed by atoms with Gasteiger partial charge in [-0.25, -0.2) is 0 Å². The molecule has 0 atom stereocenters. The van der Waals surface area contributed by atoms with Crippen LogP contribution in [0.4, 0.5) is 5.69 Å². The second-order valence-electron chi connectivity index (χ2n) is 2.86. The summed E-state index contributed by atoms with van der Waals surface area (Å²) < 4.78 is 0. The highest BCUT2D eigenvalue weighted by Crippen LogP contribution is 2.19. The highest BCUT2D eigenvalue weighted by molar-refractivity contribution is 6.31. The minimum Gasteiger partial charge on any atom is -0.398 e. The summed E-state index contributed by atoms with van der Waals surface area (Å²) in [5.74, 6) is -0.133.